The maximum atomic E-state index is 13.5. The molecule has 1 saturated heterocycles. The molecule has 0 spiro atoms. The summed E-state index contributed by atoms with van der Waals surface area (Å²) in [5, 5.41) is 0. The molecule has 1 aliphatic carbocycles. The first kappa shape index (κ1) is 22.8. The monoisotopic (exact) mass is 463 g/mol. The molecule has 2 aromatic carbocycles. The number of amides is 1. The van der Waals surface area contributed by atoms with E-state index in [0.717, 1.165) is 30.8 Å². The van der Waals surface area contributed by atoms with Gasteiger partial charge < -0.3 is 9.80 Å². The zero-order valence-corrected chi connectivity index (χ0v) is 18.7. The number of halogens is 2. The normalized spacial score (nSPS) is 24.6. The van der Waals surface area contributed by atoms with E-state index in [9.17, 15) is 22.0 Å². The van der Waals surface area contributed by atoms with Crippen LogP contribution in [0.15, 0.2) is 53.4 Å². The van der Waals surface area contributed by atoms with Gasteiger partial charge in [0, 0.05) is 38.1 Å². The molecule has 0 bridgehead atoms. The van der Waals surface area contributed by atoms with E-state index in [2.05, 4.69) is 9.62 Å². The van der Waals surface area contributed by atoms with Gasteiger partial charge in [-0.05, 0) is 67.8 Å². The van der Waals surface area contributed by atoms with Crippen LogP contribution < -0.4 is 4.72 Å². The van der Waals surface area contributed by atoms with Crippen LogP contribution >= 0.6 is 0 Å². The summed E-state index contributed by atoms with van der Waals surface area (Å²) in [5.41, 5.74) is 0.822. The molecule has 1 heterocycles. The van der Waals surface area contributed by atoms with Gasteiger partial charge >= 0.3 is 0 Å². The van der Waals surface area contributed by atoms with Gasteiger partial charge in [0.2, 0.25) is 15.9 Å². The Bertz CT molecular complexity index is 1050. The fourth-order valence-corrected chi connectivity index (χ4v) is 5.91. The van der Waals surface area contributed by atoms with Crippen LogP contribution in [0.1, 0.15) is 24.3 Å². The van der Waals surface area contributed by atoms with E-state index in [1.165, 1.54) is 24.3 Å². The van der Waals surface area contributed by atoms with Crippen molar-refractivity contribution in [1.82, 2.24) is 14.5 Å². The van der Waals surface area contributed by atoms with Crippen LogP contribution in [0.4, 0.5) is 8.78 Å². The molecular weight excluding hydrogens is 436 g/mol. The van der Waals surface area contributed by atoms with Crippen molar-refractivity contribution in [1.29, 1.82) is 0 Å². The highest BCUT2D eigenvalue weighted by molar-refractivity contribution is 7.89. The van der Waals surface area contributed by atoms with Crippen LogP contribution in [0.3, 0.4) is 0 Å². The largest absolute Gasteiger partial charge is 0.340 e. The molecule has 0 radical (unpaired) electrons. The van der Waals surface area contributed by atoms with E-state index < -0.39 is 27.8 Å². The molecule has 9 heteroatoms. The van der Waals surface area contributed by atoms with E-state index >= 15 is 0 Å². The number of nitrogens with zero attached hydrogens (tertiary/aromatic N) is 2. The molecule has 172 valence electrons. The Balaban J connectivity index is 1.55. The lowest BCUT2D eigenvalue weighted by atomic mass is 9.88. The molecule has 6 nitrogen and oxygen atoms in total. The molecule has 0 aromatic heterocycles. The van der Waals surface area contributed by atoms with Crippen molar-refractivity contribution >= 4 is 15.9 Å². The van der Waals surface area contributed by atoms with E-state index in [0.29, 0.717) is 25.9 Å². The van der Waals surface area contributed by atoms with Gasteiger partial charge in [0.05, 0.1) is 4.90 Å². The highest BCUT2D eigenvalue weighted by Crippen LogP contribution is 2.41. The SMILES string of the molecule is CN1CCN(C(=O)[C@H]2C[C@@H](NS(=O)(=O)c3ccc(F)cc3)C[C@@H]2c2ccc(F)cc2)CC1. The number of piperazine rings is 1. The molecule has 2 aromatic rings. The topological polar surface area (TPSA) is 69.7 Å². The third kappa shape index (κ3) is 5.00. The Kier molecular flexibility index (Phi) is 6.60. The summed E-state index contributed by atoms with van der Waals surface area (Å²) >= 11 is 0. The number of hydrogen-bond donors (Lipinski definition) is 1. The van der Waals surface area contributed by atoms with Gasteiger partial charge in [0.1, 0.15) is 11.6 Å². The third-order valence-corrected chi connectivity index (χ3v) is 7.98. The van der Waals surface area contributed by atoms with Crippen LogP contribution in [0.5, 0.6) is 0 Å². The zero-order chi connectivity index (χ0) is 22.9. The predicted molar refractivity (Wildman–Crippen MR) is 116 cm³/mol. The number of sulfonamides is 1. The van der Waals surface area contributed by atoms with Crippen molar-refractivity contribution in [3.8, 4) is 0 Å². The second kappa shape index (κ2) is 9.25. The van der Waals surface area contributed by atoms with Crippen LogP contribution in [-0.4, -0.2) is 63.4 Å². The lowest BCUT2D eigenvalue weighted by Gasteiger charge is -2.35. The van der Waals surface area contributed by atoms with Gasteiger partial charge in [0.25, 0.3) is 0 Å². The predicted octanol–water partition coefficient (Wildman–Crippen LogP) is 2.58. The van der Waals surface area contributed by atoms with E-state index in [1.54, 1.807) is 12.1 Å². The smallest absolute Gasteiger partial charge is 0.240 e. The number of hydrogen-bond acceptors (Lipinski definition) is 4. The summed E-state index contributed by atoms with van der Waals surface area (Å²) < 4.78 is 55.0. The highest BCUT2D eigenvalue weighted by atomic mass is 32.2. The Hall–Kier alpha value is -2.36. The van der Waals surface area contributed by atoms with Crippen molar-refractivity contribution in [2.75, 3.05) is 33.2 Å². The number of rotatable bonds is 5. The van der Waals surface area contributed by atoms with Gasteiger partial charge in [-0.15, -0.1) is 0 Å². The maximum absolute atomic E-state index is 13.5. The maximum Gasteiger partial charge on any atom is 0.240 e. The number of nitrogens with one attached hydrogen (secondary N) is 1. The molecule has 3 atom stereocenters. The first-order chi connectivity index (χ1) is 15.2. The van der Waals surface area contributed by atoms with Crippen LogP contribution in [0.2, 0.25) is 0 Å². The second-order valence-corrected chi connectivity index (χ2v) is 10.4. The Morgan fingerprint density at radius 3 is 2.06 bits per heavy atom. The number of carbonyl (C=O) groups is 1. The molecule has 1 saturated carbocycles. The van der Waals surface area contributed by atoms with E-state index in [4.69, 9.17) is 0 Å². The van der Waals surface area contributed by atoms with E-state index in [-0.39, 0.29) is 22.5 Å². The van der Waals surface area contributed by atoms with Gasteiger partial charge in [-0.1, -0.05) is 12.1 Å². The number of likely N-dealkylation sites (N-methyl/N-ethyl adjacent to an activating group) is 1. The lowest BCUT2D eigenvalue weighted by molar-refractivity contribution is -0.137. The summed E-state index contributed by atoms with van der Waals surface area (Å²) in [7, 11) is -1.85. The average molecular weight is 464 g/mol. The molecular formula is C23H27F2N3O3S. The first-order valence-corrected chi connectivity index (χ1v) is 12.2. The minimum atomic E-state index is -3.86. The highest BCUT2D eigenvalue weighted by Gasteiger charge is 2.43. The Morgan fingerprint density at radius 2 is 1.47 bits per heavy atom. The Morgan fingerprint density at radius 1 is 0.906 bits per heavy atom. The fraction of sp³-hybridized carbons (Fsp3) is 0.435. The van der Waals surface area contributed by atoms with Crippen molar-refractivity contribution in [2.24, 2.45) is 5.92 Å². The summed E-state index contributed by atoms with van der Waals surface area (Å²) in [6.07, 6.45) is 0.782. The summed E-state index contributed by atoms with van der Waals surface area (Å²) in [6, 6.07) is 10.2. The van der Waals surface area contributed by atoms with Crippen LogP contribution in [0, 0.1) is 17.6 Å². The Labute approximate surface area is 187 Å². The van der Waals surface area contributed by atoms with Gasteiger partial charge in [-0.3, -0.25) is 4.79 Å². The lowest BCUT2D eigenvalue weighted by Crippen LogP contribution is -2.49. The molecule has 2 fully saturated rings. The standard InChI is InChI=1S/C23H27F2N3O3S/c1-27-10-12-28(13-11-27)23(29)22-15-19(14-21(22)16-2-4-17(24)5-3-16)26-32(30,31)20-8-6-18(25)7-9-20/h2-9,19,21-22,26H,10-15H2,1H3/t19-,21+,22-/m0/s1. The molecule has 1 aliphatic heterocycles. The first-order valence-electron chi connectivity index (χ1n) is 10.7. The van der Waals surface area contributed by atoms with Crippen molar-refractivity contribution in [2.45, 2.75) is 29.7 Å². The average Bonchev–Trinajstić information content (AvgIpc) is 3.17. The number of carbonyl (C=O) groups excluding carboxylic acids is 1. The summed E-state index contributed by atoms with van der Waals surface area (Å²) in [4.78, 5) is 17.4. The van der Waals surface area contributed by atoms with Gasteiger partial charge in [0.15, 0.2) is 0 Å². The van der Waals surface area contributed by atoms with Gasteiger partial charge in [-0.25, -0.2) is 21.9 Å². The third-order valence-electron chi connectivity index (χ3n) is 6.44. The minimum Gasteiger partial charge on any atom is -0.340 e. The summed E-state index contributed by atoms with van der Waals surface area (Å²) in [5.74, 6) is -1.48. The minimum absolute atomic E-state index is 0.0101. The molecule has 32 heavy (non-hydrogen) atoms. The van der Waals surface area contributed by atoms with Crippen molar-refractivity contribution in [3.05, 3.63) is 65.7 Å². The summed E-state index contributed by atoms with van der Waals surface area (Å²) in [6.45, 7) is 2.85. The van der Waals surface area contributed by atoms with Gasteiger partial charge in [-0.2, -0.15) is 0 Å². The zero-order valence-electron chi connectivity index (χ0n) is 17.9. The number of benzene rings is 2. The quantitative estimate of drug-likeness (QED) is 0.740. The molecule has 1 amide bonds. The second-order valence-electron chi connectivity index (χ2n) is 8.64. The molecule has 0 unspecified atom stereocenters. The van der Waals surface area contributed by atoms with Crippen molar-refractivity contribution in [3.63, 3.8) is 0 Å². The van der Waals surface area contributed by atoms with Crippen LogP contribution in [0.25, 0.3) is 0 Å². The fourth-order valence-electron chi connectivity index (χ4n) is 4.65. The van der Waals surface area contributed by atoms with E-state index in [1.807, 2.05) is 11.9 Å². The molecule has 2 aliphatic rings. The van der Waals surface area contributed by atoms with Crippen LogP contribution in [-0.2, 0) is 14.8 Å². The molecule has 4 rings (SSSR count). The molecule has 1 N–H and O–H groups in total. The van der Waals surface area contributed by atoms with Crippen molar-refractivity contribution < 1.29 is 22.0 Å².